The highest BCUT2D eigenvalue weighted by molar-refractivity contribution is 5.77. The van der Waals surface area contributed by atoms with Crippen molar-refractivity contribution in [1.29, 1.82) is 0 Å². The van der Waals surface area contributed by atoms with Gasteiger partial charge in [-0.25, -0.2) is 0 Å². The molecule has 0 spiro atoms. The molecule has 2 saturated heterocycles. The molecule has 0 aromatic heterocycles. The summed E-state index contributed by atoms with van der Waals surface area (Å²) in [6, 6.07) is 0.333. The lowest BCUT2D eigenvalue weighted by Gasteiger charge is -2.29. The van der Waals surface area contributed by atoms with Gasteiger partial charge in [0.25, 0.3) is 0 Å². The third kappa shape index (κ3) is 5.47. The number of piperidine rings is 1. The van der Waals surface area contributed by atoms with Gasteiger partial charge in [0.2, 0.25) is 5.91 Å². The summed E-state index contributed by atoms with van der Waals surface area (Å²) in [4.78, 5) is 16.5. The van der Waals surface area contributed by atoms with Gasteiger partial charge in [0.1, 0.15) is 0 Å². The smallest absolute Gasteiger partial charge is 0.234 e. The Kier molecular flexibility index (Phi) is 6.07. The quantitative estimate of drug-likeness (QED) is 0.666. The molecule has 2 heterocycles. The van der Waals surface area contributed by atoms with Crippen LogP contribution < -0.4 is 11.1 Å². The fraction of sp³-hybridized carbons (Fsp3) is 0.929. The standard InChI is InChI=1S/C14H28N4O/c15-13-4-10-18(11-5-13)12-14(19)16-6-3-9-17-7-1-2-8-17/h13H,1-12,15H2,(H,16,19). The van der Waals surface area contributed by atoms with Gasteiger partial charge in [0.15, 0.2) is 0 Å². The predicted molar refractivity (Wildman–Crippen MR) is 77.0 cm³/mol. The molecular formula is C14H28N4O. The molecule has 5 nitrogen and oxygen atoms in total. The highest BCUT2D eigenvalue weighted by atomic mass is 16.2. The van der Waals surface area contributed by atoms with Gasteiger partial charge in [-0.05, 0) is 51.7 Å². The van der Waals surface area contributed by atoms with Gasteiger partial charge < -0.3 is 16.0 Å². The molecule has 19 heavy (non-hydrogen) atoms. The van der Waals surface area contributed by atoms with Crippen LogP contribution in [0.4, 0.5) is 0 Å². The second-order valence-corrected chi connectivity index (χ2v) is 5.87. The molecule has 110 valence electrons. The molecular weight excluding hydrogens is 240 g/mol. The van der Waals surface area contributed by atoms with E-state index >= 15 is 0 Å². The van der Waals surface area contributed by atoms with Crippen molar-refractivity contribution in [3.05, 3.63) is 0 Å². The zero-order chi connectivity index (χ0) is 13.5. The molecule has 2 fully saturated rings. The number of nitrogens with two attached hydrogens (primary N) is 1. The van der Waals surface area contributed by atoms with Crippen molar-refractivity contribution in [2.45, 2.75) is 38.1 Å². The first-order valence-corrected chi connectivity index (χ1v) is 7.71. The maximum Gasteiger partial charge on any atom is 0.234 e. The van der Waals surface area contributed by atoms with Crippen LogP contribution in [-0.4, -0.2) is 67.6 Å². The highest BCUT2D eigenvalue weighted by Gasteiger charge is 2.18. The SMILES string of the molecule is NC1CCN(CC(=O)NCCCN2CCCC2)CC1. The molecule has 0 saturated carbocycles. The number of amides is 1. The first-order valence-electron chi connectivity index (χ1n) is 7.71. The van der Waals surface area contributed by atoms with Crippen LogP contribution in [0.25, 0.3) is 0 Å². The van der Waals surface area contributed by atoms with Crippen molar-refractivity contribution in [3.63, 3.8) is 0 Å². The minimum absolute atomic E-state index is 0.164. The predicted octanol–water partition coefficient (Wildman–Crippen LogP) is 0.0116. The maximum absolute atomic E-state index is 11.8. The summed E-state index contributed by atoms with van der Waals surface area (Å²) < 4.78 is 0. The molecule has 2 rings (SSSR count). The lowest BCUT2D eigenvalue weighted by Crippen LogP contribution is -2.44. The average Bonchev–Trinajstić information content (AvgIpc) is 2.91. The molecule has 0 unspecified atom stereocenters. The topological polar surface area (TPSA) is 61.6 Å². The van der Waals surface area contributed by atoms with E-state index in [1.807, 2.05) is 0 Å². The van der Waals surface area contributed by atoms with Gasteiger partial charge in [0.05, 0.1) is 6.54 Å². The lowest BCUT2D eigenvalue weighted by atomic mass is 10.1. The Morgan fingerprint density at radius 3 is 2.47 bits per heavy atom. The Morgan fingerprint density at radius 2 is 1.79 bits per heavy atom. The number of carbonyl (C=O) groups is 1. The molecule has 2 aliphatic rings. The Labute approximate surface area is 116 Å². The second kappa shape index (κ2) is 7.82. The van der Waals surface area contributed by atoms with E-state index in [0.29, 0.717) is 12.6 Å². The van der Waals surface area contributed by atoms with E-state index in [0.717, 1.165) is 45.4 Å². The van der Waals surface area contributed by atoms with Gasteiger partial charge in [-0.15, -0.1) is 0 Å². The molecule has 5 heteroatoms. The van der Waals surface area contributed by atoms with Crippen molar-refractivity contribution in [1.82, 2.24) is 15.1 Å². The molecule has 0 radical (unpaired) electrons. The van der Waals surface area contributed by atoms with E-state index < -0.39 is 0 Å². The van der Waals surface area contributed by atoms with Crippen LogP contribution in [0.15, 0.2) is 0 Å². The highest BCUT2D eigenvalue weighted by Crippen LogP contribution is 2.08. The Hall–Kier alpha value is -0.650. The first-order chi connectivity index (χ1) is 9.24. The maximum atomic E-state index is 11.8. The number of carbonyl (C=O) groups excluding carboxylic acids is 1. The van der Waals surface area contributed by atoms with Gasteiger partial charge in [0, 0.05) is 25.7 Å². The normalized spacial score (nSPS) is 22.8. The summed E-state index contributed by atoms with van der Waals surface area (Å²) in [6.45, 7) is 6.87. The summed E-state index contributed by atoms with van der Waals surface area (Å²) in [5, 5.41) is 3.03. The minimum Gasteiger partial charge on any atom is -0.355 e. The summed E-state index contributed by atoms with van der Waals surface area (Å²) >= 11 is 0. The molecule has 0 aliphatic carbocycles. The molecule has 0 aromatic rings. The van der Waals surface area contributed by atoms with E-state index in [1.165, 1.54) is 25.9 Å². The summed E-state index contributed by atoms with van der Waals surface area (Å²) in [5.41, 5.74) is 5.85. The van der Waals surface area contributed by atoms with E-state index in [1.54, 1.807) is 0 Å². The van der Waals surface area contributed by atoms with Crippen LogP contribution in [-0.2, 0) is 4.79 Å². The van der Waals surface area contributed by atoms with Crippen molar-refractivity contribution in [2.75, 3.05) is 45.8 Å². The Morgan fingerprint density at radius 1 is 1.11 bits per heavy atom. The number of hydrogen-bond donors (Lipinski definition) is 2. The van der Waals surface area contributed by atoms with Crippen molar-refractivity contribution >= 4 is 5.91 Å². The van der Waals surface area contributed by atoms with Crippen molar-refractivity contribution in [2.24, 2.45) is 5.73 Å². The van der Waals surface area contributed by atoms with Crippen LogP contribution in [0.3, 0.4) is 0 Å². The van der Waals surface area contributed by atoms with E-state index in [2.05, 4.69) is 15.1 Å². The second-order valence-electron chi connectivity index (χ2n) is 5.87. The number of nitrogens with zero attached hydrogens (tertiary/aromatic N) is 2. The van der Waals surface area contributed by atoms with Gasteiger partial charge in [-0.2, -0.15) is 0 Å². The molecule has 2 aliphatic heterocycles. The molecule has 0 atom stereocenters. The number of hydrogen-bond acceptors (Lipinski definition) is 4. The van der Waals surface area contributed by atoms with Crippen LogP contribution in [0, 0.1) is 0 Å². The average molecular weight is 268 g/mol. The number of rotatable bonds is 6. The van der Waals surface area contributed by atoms with Crippen molar-refractivity contribution < 1.29 is 4.79 Å². The summed E-state index contributed by atoms with van der Waals surface area (Å²) in [6.07, 6.45) is 5.77. The third-order valence-electron chi connectivity index (χ3n) is 4.17. The van der Waals surface area contributed by atoms with Crippen molar-refractivity contribution in [3.8, 4) is 0 Å². The van der Waals surface area contributed by atoms with E-state index in [4.69, 9.17) is 5.73 Å². The first kappa shape index (κ1) is 14.8. The van der Waals surface area contributed by atoms with Gasteiger partial charge >= 0.3 is 0 Å². The zero-order valence-corrected chi connectivity index (χ0v) is 11.9. The van der Waals surface area contributed by atoms with Crippen LogP contribution in [0.2, 0.25) is 0 Å². The Balaban J connectivity index is 1.49. The largest absolute Gasteiger partial charge is 0.355 e. The molecule has 1 amide bonds. The Bertz CT molecular complexity index is 271. The monoisotopic (exact) mass is 268 g/mol. The molecule has 0 aromatic carbocycles. The number of likely N-dealkylation sites (tertiary alicyclic amines) is 2. The zero-order valence-electron chi connectivity index (χ0n) is 11.9. The fourth-order valence-electron chi connectivity index (χ4n) is 2.91. The number of nitrogens with one attached hydrogen (secondary N) is 1. The van der Waals surface area contributed by atoms with Crippen LogP contribution >= 0.6 is 0 Å². The minimum atomic E-state index is 0.164. The van der Waals surface area contributed by atoms with Gasteiger partial charge in [-0.1, -0.05) is 0 Å². The van der Waals surface area contributed by atoms with Gasteiger partial charge in [-0.3, -0.25) is 9.69 Å². The van der Waals surface area contributed by atoms with E-state index in [9.17, 15) is 4.79 Å². The molecule has 3 N–H and O–H groups in total. The summed E-state index contributed by atoms with van der Waals surface area (Å²) in [7, 11) is 0. The fourth-order valence-corrected chi connectivity index (χ4v) is 2.91. The lowest BCUT2D eigenvalue weighted by molar-refractivity contribution is -0.122. The van der Waals surface area contributed by atoms with Crippen LogP contribution in [0.5, 0.6) is 0 Å². The summed E-state index contributed by atoms with van der Waals surface area (Å²) in [5.74, 6) is 0.164. The van der Waals surface area contributed by atoms with E-state index in [-0.39, 0.29) is 5.91 Å². The third-order valence-corrected chi connectivity index (χ3v) is 4.17. The van der Waals surface area contributed by atoms with Crippen LogP contribution in [0.1, 0.15) is 32.1 Å². The molecule has 0 bridgehead atoms.